The van der Waals surface area contributed by atoms with Crippen LogP contribution in [0.5, 0.6) is 29.0 Å². The van der Waals surface area contributed by atoms with Gasteiger partial charge in [0.05, 0.1) is 16.7 Å². The molecule has 0 N–H and O–H groups in total. The summed E-state index contributed by atoms with van der Waals surface area (Å²) in [5.74, 6) is 3.27. The van der Waals surface area contributed by atoms with Gasteiger partial charge in [0.2, 0.25) is 17.7 Å². The highest BCUT2D eigenvalue weighted by Gasteiger charge is 2.20. The average molecular weight is 774 g/mol. The fourth-order valence-electron chi connectivity index (χ4n) is 6.39. The molecular formula is C45H42Cl2N4O4. The Morgan fingerprint density at radius 2 is 1.58 bits per heavy atom. The first kappa shape index (κ1) is 37.9. The smallest absolute Gasteiger partial charge is 0.246 e. The molecule has 0 aliphatic carbocycles. The van der Waals surface area contributed by atoms with Crippen LogP contribution in [0, 0.1) is 6.92 Å². The molecule has 0 bridgehead atoms. The van der Waals surface area contributed by atoms with Crippen molar-refractivity contribution in [3.8, 4) is 29.0 Å². The molecule has 1 aliphatic rings. The van der Waals surface area contributed by atoms with Crippen LogP contribution in [-0.2, 0) is 17.9 Å². The van der Waals surface area contributed by atoms with Crippen molar-refractivity contribution in [2.75, 3.05) is 26.2 Å². The molecular weight excluding hydrogens is 731 g/mol. The van der Waals surface area contributed by atoms with Crippen molar-refractivity contribution in [1.82, 2.24) is 19.8 Å². The number of hydrogen-bond donors (Lipinski definition) is 0. The number of benzene rings is 4. The Labute approximate surface area is 331 Å². The van der Waals surface area contributed by atoms with E-state index in [9.17, 15) is 4.79 Å². The predicted octanol–water partition coefficient (Wildman–Crippen LogP) is 10.9. The molecule has 1 amide bonds. The Kier molecular flexibility index (Phi) is 12.0. The molecule has 8 nitrogen and oxygen atoms in total. The molecule has 1 fully saturated rings. The van der Waals surface area contributed by atoms with E-state index in [2.05, 4.69) is 54.1 Å². The second kappa shape index (κ2) is 17.4. The maximum absolute atomic E-state index is 13.1. The molecule has 0 spiro atoms. The topological polar surface area (TPSA) is 77.0 Å². The minimum absolute atomic E-state index is 0.0273. The monoisotopic (exact) mass is 772 g/mol. The van der Waals surface area contributed by atoms with Crippen LogP contribution in [0.4, 0.5) is 0 Å². The van der Waals surface area contributed by atoms with Crippen LogP contribution in [0.25, 0.3) is 17.0 Å². The Morgan fingerprint density at radius 1 is 0.818 bits per heavy atom. The summed E-state index contributed by atoms with van der Waals surface area (Å²) in [4.78, 5) is 26.5. The van der Waals surface area contributed by atoms with Crippen LogP contribution in [0.3, 0.4) is 0 Å². The molecule has 280 valence electrons. The summed E-state index contributed by atoms with van der Waals surface area (Å²) in [5.41, 5.74) is 5.89. The van der Waals surface area contributed by atoms with E-state index in [4.69, 9.17) is 42.4 Å². The maximum Gasteiger partial charge on any atom is 0.246 e. The number of halogens is 2. The molecule has 0 unspecified atom stereocenters. The number of pyridine rings is 2. The summed E-state index contributed by atoms with van der Waals surface area (Å²) in [6, 6.07) is 33.2. The van der Waals surface area contributed by atoms with Gasteiger partial charge in [-0.15, -0.1) is 0 Å². The highest BCUT2D eigenvalue weighted by atomic mass is 35.5. The zero-order chi connectivity index (χ0) is 38.3. The standard InChI is InChI=1S/C45H42Cl2N4O4/c1-30(2)34-10-13-37(14-11-34)54-43-17-12-35-25-33(8-16-41(35)49-43)28-50-20-22-51(23-21-50)44(52)19-9-32-24-31(3)45(40(47)26-32)55-42-18-15-38(27-48-42)53-29-36-6-4-5-7-39(36)46/h4-19,24-27,30H,20-23,28-29H2,1-3H3/b19-9+. The van der Waals surface area contributed by atoms with Crippen LogP contribution in [-0.4, -0.2) is 51.9 Å². The summed E-state index contributed by atoms with van der Waals surface area (Å²) in [7, 11) is 0. The van der Waals surface area contributed by atoms with Crippen molar-refractivity contribution in [3.63, 3.8) is 0 Å². The van der Waals surface area contributed by atoms with Crippen LogP contribution < -0.4 is 14.2 Å². The lowest BCUT2D eigenvalue weighted by atomic mass is 10.0. The van der Waals surface area contributed by atoms with E-state index in [1.54, 1.807) is 36.5 Å². The minimum Gasteiger partial charge on any atom is -0.487 e. The largest absolute Gasteiger partial charge is 0.487 e. The fraction of sp³-hybridized carbons (Fsp3) is 0.222. The molecule has 0 atom stereocenters. The van der Waals surface area contributed by atoms with Gasteiger partial charge in [-0.25, -0.2) is 9.97 Å². The molecule has 1 saturated heterocycles. The first-order valence-electron chi connectivity index (χ1n) is 18.3. The molecule has 7 rings (SSSR count). The molecule has 0 radical (unpaired) electrons. The normalized spacial score (nSPS) is 13.5. The van der Waals surface area contributed by atoms with Gasteiger partial charge in [0.1, 0.15) is 18.1 Å². The third-order valence-corrected chi connectivity index (χ3v) is 10.2. The van der Waals surface area contributed by atoms with Gasteiger partial charge in [-0.1, -0.05) is 73.4 Å². The second-order valence-corrected chi connectivity index (χ2v) is 14.7. The van der Waals surface area contributed by atoms with E-state index in [1.165, 1.54) is 11.1 Å². The molecule has 10 heteroatoms. The quantitative estimate of drug-likeness (QED) is 0.115. The zero-order valence-corrected chi connectivity index (χ0v) is 32.6. The van der Waals surface area contributed by atoms with Gasteiger partial charge in [0.15, 0.2) is 5.75 Å². The lowest BCUT2D eigenvalue weighted by Gasteiger charge is -2.34. The van der Waals surface area contributed by atoms with Gasteiger partial charge in [-0.2, -0.15) is 0 Å². The lowest BCUT2D eigenvalue weighted by molar-refractivity contribution is -0.127. The van der Waals surface area contributed by atoms with Crippen molar-refractivity contribution < 1.29 is 19.0 Å². The van der Waals surface area contributed by atoms with Gasteiger partial charge >= 0.3 is 0 Å². The van der Waals surface area contributed by atoms with Gasteiger partial charge in [0, 0.05) is 66.9 Å². The lowest BCUT2D eigenvalue weighted by Crippen LogP contribution is -2.47. The third-order valence-electron chi connectivity index (χ3n) is 9.53. The summed E-state index contributed by atoms with van der Waals surface area (Å²) in [6.07, 6.45) is 5.00. The molecule has 0 saturated carbocycles. The van der Waals surface area contributed by atoms with Crippen molar-refractivity contribution in [2.24, 2.45) is 0 Å². The predicted molar refractivity (Wildman–Crippen MR) is 220 cm³/mol. The Bertz CT molecular complexity index is 2280. The van der Waals surface area contributed by atoms with Crippen LogP contribution in [0.15, 0.2) is 115 Å². The van der Waals surface area contributed by atoms with E-state index in [0.29, 0.717) is 58.9 Å². The Hall–Kier alpha value is -5.41. The fourth-order valence-corrected chi connectivity index (χ4v) is 6.89. The number of fused-ring (bicyclic) bond motifs is 1. The summed E-state index contributed by atoms with van der Waals surface area (Å²) in [6.45, 7) is 10.3. The maximum atomic E-state index is 13.1. The first-order chi connectivity index (χ1) is 26.7. The van der Waals surface area contributed by atoms with Gasteiger partial charge in [0.25, 0.3) is 0 Å². The summed E-state index contributed by atoms with van der Waals surface area (Å²) < 4.78 is 17.9. The number of aryl methyl sites for hydroxylation is 1. The number of piperazine rings is 1. The number of nitrogens with zero attached hydrogens (tertiary/aromatic N) is 4. The van der Waals surface area contributed by atoms with E-state index in [0.717, 1.165) is 53.0 Å². The highest BCUT2D eigenvalue weighted by Crippen LogP contribution is 2.34. The van der Waals surface area contributed by atoms with Crippen molar-refractivity contribution in [1.29, 1.82) is 0 Å². The molecule has 1 aliphatic heterocycles. The first-order valence-corrected chi connectivity index (χ1v) is 19.1. The molecule has 6 aromatic rings. The summed E-state index contributed by atoms with van der Waals surface area (Å²) in [5, 5.41) is 2.14. The van der Waals surface area contributed by atoms with Gasteiger partial charge in [-0.3, -0.25) is 9.69 Å². The van der Waals surface area contributed by atoms with Crippen LogP contribution >= 0.6 is 23.2 Å². The Morgan fingerprint density at radius 3 is 2.31 bits per heavy atom. The minimum atomic E-state index is -0.0273. The Balaban J connectivity index is 0.881. The van der Waals surface area contributed by atoms with Crippen molar-refractivity contribution in [3.05, 3.63) is 153 Å². The number of carbonyl (C=O) groups is 1. The van der Waals surface area contributed by atoms with Gasteiger partial charge < -0.3 is 19.1 Å². The van der Waals surface area contributed by atoms with Crippen molar-refractivity contribution >= 4 is 46.1 Å². The van der Waals surface area contributed by atoms with E-state index in [1.807, 2.05) is 66.4 Å². The molecule has 3 heterocycles. The van der Waals surface area contributed by atoms with Crippen molar-refractivity contribution in [2.45, 2.75) is 39.8 Å². The molecule has 2 aromatic heterocycles. The number of aromatic nitrogens is 2. The average Bonchev–Trinajstić information content (AvgIpc) is 3.19. The SMILES string of the molecule is Cc1cc(/C=C/C(=O)N2CCN(Cc3ccc4nc(Oc5ccc(C(C)C)cc5)ccc4c3)CC2)cc(Cl)c1Oc1ccc(OCc2ccccc2Cl)cn1. The second-order valence-electron chi connectivity index (χ2n) is 13.9. The number of rotatable bonds is 12. The summed E-state index contributed by atoms with van der Waals surface area (Å²) >= 11 is 12.9. The molecule has 4 aromatic carbocycles. The molecule has 55 heavy (non-hydrogen) atoms. The van der Waals surface area contributed by atoms with Crippen LogP contribution in [0.2, 0.25) is 10.0 Å². The number of ether oxygens (including phenoxy) is 3. The van der Waals surface area contributed by atoms with E-state index >= 15 is 0 Å². The highest BCUT2D eigenvalue weighted by molar-refractivity contribution is 6.32. The van der Waals surface area contributed by atoms with E-state index < -0.39 is 0 Å². The number of hydrogen-bond acceptors (Lipinski definition) is 7. The van der Waals surface area contributed by atoms with Gasteiger partial charge in [-0.05, 0) is 95.8 Å². The van der Waals surface area contributed by atoms with E-state index in [-0.39, 0.29) is 5.91 Å². The third kappa shape index (κ3) is 9.83. The zero-order valence-electron chi connectivity index (χ0n) is 31.0. The number of carbonyl (C=O) groups excluding carboxylic acids is 1. The number of amides is 1. The van der Waals surface area contributed by atoms with Crippen LogP contribution in [0.1, 0.15) is 47.6 Å².